The van der Waals surface area contributed by atoms with E-state index in [0.29, 0.717) is 4.72 Å². The number of alkyl halides is 17. The molecule has 0 amide bonds. The highest BCUT2D eigenvalue weighted by Crippen LogP contribution is 2.64. The van der Waals surface area contributed by atoms with Crippen LogP contribution in [0.25, 0.3) is 0 Å². The van der Waals surface area contributed by atoms with Gasteiger partial charge in [0.2, 0.25) is 0 Å². The van der Waals surface area contributed by atoms with Gasteiger partial charge in [0, 0.05) is 12.6 Å². The molecule has 22 heteroatoms. The molecule has 0 heterocycles. The van der Waals surface area contributed by atoms with Crippen molar-refractivity contribution in [3.8, 4) is 0 Å². The van der Waals surface area contributed by atoms with E-state index >= 15 is 0 Å². The van der Waals surface area contributed by atoms with Crippen molar-refractivity contribution in [3.05, 3.63) is 35.9 Å². The average Bonchev–Trinajstić information content (AvgIpc) is 2.76. The van der Waals surface area contributed by atoms with Crippen LogP contribution in [0.3, 0.4) is 0 Å². The first kappa shape index (κ1) is 34.9. The van der Waals surface area contributed by atoms with E-state index in [1.807, 2.05) is 0 Å². The number of nitrogens with two attached hydrogens (primary N) is 1. The monoisotopic (exact) mass is 632 g/mol. The van der Waals surface area contributed by atoms with Gasteiger partial charge in [0.05, 0.1) is 0 Å². The van der Waals surface area contributed by atoms with Crippen molar-refractivity contribution in [2.45, 2.75) is 59.4 Å². The molecule has 0 saturated carbocycles. The lowest BCUT2D eigenvalue weighted by atomic mass is 9.91. The van der Waals surface area contributed by atoms with Crippen LogP contribution in [0.15, 0.2) is 30.3 Å². The van der Waals surface area contributed by atoms with E-state index in [4.69, 9.17) is 5.73 Å². The fraction of sp³-hybridized carbons (Fsp3) is 0.647. The van der Waals surface area contributed by atoms with Crippen molar-refractivity contribution in [3.63, 3.8) is 0 Å². The van der Waals surface area contributed by atoms with Gasteiger partial charge in [-0.05, 0) is 12.0 Å². The topological polar surface area (TPSA) is 72.2 Å². The van der Waals surface area contributed by atoms with E-state index in [-0.39, 0.29) is 5.56 Å². The molecule has 1 aromatic carbocycles. The summed E-state index contributed by atoms with van der Waals surface area (Å²) < 4.78 is 249. The zero-order valence-electron chi connectivity index (χ0n) is 18.1. The highest BCUT2D eigenvalue weighted by Gasteiger charge is 2.96. The second-order valence-electron chi connectivity index (χ2n) is 7.76. The molecule has 3 N–H and O–H groups in total. The van der Waals surface area contributed by atoms with Crippen molar-refractivity contribution in [2.24, 2.45) is 5.73 Å². The molecule has 228 valence electrons. The molecule has 1 rings (SSSR count). The van der Waals surface area contributed by atoms with Crippen LogP contribution in [0.4, 0.5) is 74.6 Å². The van der Waals surface area contributed by atoms with Gasteiger partial charge in [-0.3, -0.25) is 0 Å². The van der Waals surface area contributed by atoms with Crippen LogP contribution in [-0.4, -0.2) is 68.0 Å². The number of sulfonamides is 1. The molecule has 0 aliphatic rings. The lowest BCUT2D eigenvalue weighted by Gasteiger charge is -2.42. The van der Waals surface area contributed by atoms with Crippen molar-refractivity contribution in [1.82, 2.24) is 4.72 Å². The summed E-state index contributed by atoms with van der Waals surface area (Å²) in [6.07, 6.45) is -8.31. The van der Waals surface area contributed by atoms with E-state index in [1.54, 1.807) is 0 Å². The Hall–Kier alpha value is -2.10. The highest BCUT2D eigenvalue weighted by atomic mass is 32.2. The second-order valence-corrected chi connectivity index (χ2v) is 9.57. The van der Waals surface area contributed by atoms with Gasteiger partial charge in [-0.15, -0.1) is 0 Å². The molecule has 1 aromatic rings. The summed E-state index contributed by atoms with van der Waals surface area (Å²) in [5.74, 6) is -51.8. The minimum Gasteiger partial charge on any atom is -0.326 e. The molecule has 0 aliphatic carbocycles. The summed E-state index contributed by atoms with van der Waals surface area (Å²) in [6, 6.07) is 5.23. The number of nitrogens with one attached hydrogen (secondary N) is 1. The second kappa shape index (κ2) is 10.1. The summed E-state index contributed by atoms with van der Waals surface area (Å²) >= 11 is 0. The van der Waals surface area contributed by atoms with Crippen molar-refractivity contribution < 1.29 is 83.1 Å². The maximum absolute atomic E-state index is 14.0. The van der Waals surface area contributed by atoms with Crippen molar-refractivity contribution in [2.75, 3.05) is 6.54 Å². The third-order valence-corrected chi connectivity index (χ3v) is 6.39. The molecule has 4 nitrogen and oxygen atoms in total. The molecular formula is C17H13F17N2O2S. The summed E-state index contributed by atoms with van der Waals surface area (Å²) in [6.45, 7) is -1.53. The number of hydrogen-bond acceptors (Lipinski definition) is 3. The van der Waals surface area contributed by atoms with Crippen molar-refractivity contribution in [1.29, 1.82) is 0 Å². The predicted molar refractivity (Wildman–Crippen MR) is 95.7 cm³/mol. The molecule has 39 heavy (non-hydrogen) atoms. The standard InChI is InChI=1S/C17H13F17N2O2S/c18-10(19,12(22,23)14(26,27)16(30,31)32)11(20,21)13(24,25)15(28,29)17(33,34)39(37,38)36-7-9(35)6-8-4-2-1-3-5-8/h1-5,9,36H,6-7,35H2/t9-/m0/s1. The van der Waals surface area contributed by atoms with Crippen LogP contribution in [0.2, 0.25) is 0 Å². The molecule has 1 atom stereocenters. The summed E-state index contributed by atoms with van der Waals surface area (Å²) in [7, 11) is -7.37. The van der Waals surface area contributed by atoms with Crippen LogP contribution in [0, 0.1) is 0 Å². The van der Waals surface area contributed by atoms with E-state index in [9.17, 15) is 83.1 Å². The predicted octanol–water partition coefficient (Wildman–Crippen LogP) is 5.44. The summed E-state index contributed by atoms with van der Waals surface area (Å²) in [4.78, 5) is 0. The van der Waals surface area contributed by atoms with E-state index in [1.165, 1.54) is 30.3 Å². The van der Waals surface area contributed by atoms with Crippen LogP contribution in [0.1, 0.15) is 5.56 Å². The van der Waals surface area contributed by atoms with Crippen molar-refractivity contribution >= 4 is 10.0 Å². The highest BCUT2D eigenvalue weighted by molar-refractivity contribution is 7.90. The largest absolute Gasteiger partial charge is 0.460 e. The lowest BCUT2D eigenvalue weighted by molar-refractivity contribution is -0.458. The third-order valence-electron chi connectivity index (χ3n) is 4.91. The molecule has 0 fully saturated rings. The molecule has 0 aromatic heterocycles. The molecular weight excluding hydrogens is 619 g/mol. The quantitative estimate of drug-likeness (QED) is 0.302. The van der Waals surface area contributed by atoms with Crippen LogP contribution in [0.5, 0.6) is 0 Å². The smallest absolute Gasteiger partial charge is 0.326 e. The number of benzene rings is 1. The van der Waals surface area contributed by atoms with Crippen LogP contribution >= 0.6 is 0 Å². The Morgan fingerprint density at radius 3 is 1.36 bits per heavy atom. The van der Waals surface area contributed by atoms with Gasteiger partial charge in [-0.1, -0.05) is 30.3 Å². The van der Waals surface area contributed by atoms with Gasteiger partial charge in [0.25, 0.3) is 10.0 Å². The van der Waals surface area contributed by atoms with Crippen LogP contribution < -0.4 is 10.5 Å². The Kier molecular flexibility index (Phi) is 9.02. The normalized spacial score (nSPS) is 16.4. The number of hydrogen-bond donors (Lipinski definition) is 2. The molecule has 0 spiro atoms. The molecule has 0 unspecified atom stereocenters. The third kappa shape index (κ3) is 5.34. The van der Waals surface area contributed by atoms with Gasteiger partial charge in [0.1, 0.15) is 0 Å². The maximum atomic E-state index is 14.0. The van der Waals surface area contributed by atoms with E-state index in [2.05, 4.69) is 0 Å². The average molecular weight is 632 g/mol. The summed E-state index contributed by atoms with van der Waals surface area (Å²) in [5, 5.41) is -7.61. The molecule has 0 aliphatic heterocycles. The Morgan fingerprint density at radius 2 is 0.974 bits per heavy atom. The zero-order valence-corrected chi connectivity index (χ0v) is 18.9. The number of rotatable bonds is 12. The fourth-order valence-electron chi connectivity index (χ4n) is 2.61. The first-order chi connectivity index (χ1) is 17.0. The SMILES string of the molecule is N[C@H](CNS(=O)(=O)C(F)(F)C(F)(F)C(F)(F)C(F)(F)C(F)(F)C(F)(F)C(F)(F)C(F)(F)F)Cc1ccccc1. The van der Waals surface area contributed by atoms with Gasteiger partial charge in [-0.25, -0.2) is 13.1 Å². The maximum Gasteiger partial charge on any atom is 0.460 e. The lowest BCUT2D eigenvalue weighted by Crippen LogP contribution is -2.75. The van der Waals surface area contributed by atoms with Gasteiger partial charge in [0.15, 0.2) is 0 Å². The zero-order chi connectivity index (χ0) is 31.3. The first-order valence-corrected chi connectivity index (χ1v) is 11.0. The fourth-order valence-corrected chi connectivity index (χ4v) is 3.70. The first-order valence-electron chi connectivity index (χ1n) is 9.47. The minimum atomic E-state index is -8.87. The van der Waals surface area contributed by atoms with Crippen LogP contribution in [-0.2, 0) is 16.4 Å². The molecule has 0 saturated heterocycles. The van der Waals surface area contributed by atoms with Gasteiger partial charge >= 0.3 is 47.0 Å². The Bertz CT molecular complexity index is 1100. The van der Waals surface area contributed by atoms with E-state index in [0.717, 1.165) is 0 Å². The minimum absolute atomic E-state index is 0.256. The van der Waals surface area contributed by atoms with Gasteiger partial charge < -0.3 is 5.73 Å². The van der Waals surface area contributed by atoms with Gasteiger partial charge in [-0.2, -0.15) is 74.6 Å². The Morgan fingerprint density at radius 1 is 0.615 bits per heavy atom. The van der Waals surface area contributed by atoms with E-state index < -0.39 is 76.0 Å². The summed E-state index contributed by atoms with van der Waals surface area (Å²) in [5.41, 5.74) is 5.58. The number of halogens is 17. The Labute approximate surface area is 206 Å². The molecule has 0 bridgehead atoms. The Balaban J connectivity index is 3.44. The molecule has 0 radical (unpaired) electrons.